The molecule has 0 bridgehead atoms. The predicted octanol–water partition coefficient (Wildman–Crippen LogP) is 7.45. The van der Waals surface area contributed by atoms with Crippen LogP contribution in [0.15, 0.2) is 66.2 Å². The number of allylic oxidation sites excluding steroid dienone is 2. The molecule has 1 saturated carbocycles. The van der Waals surface area contributed by atoms with E-state index >= 15 is 0 Å². The van der Waals surface area contributed by atoms with Crippen molar-refractivity contribution in [2.75, 3.05) is 56.1 Å². The minimum atomic E-state index is -0.765. The highest BCUT2D eigenvalue weighted by atomic mass is 16.2. The van der Waals surface area contributed by atoms with Crippen LogP contribution in [-0.4, -0.2) is 91.9 Å². The Morgan fingerprint density at radius 3 is 2.32 bits per heavy atom. The molecule has 4 fully saturated rings. The summed E-state index contributed by atoms with van der Waals surface area (Å²) in [6.07, 6.45) is 5.98. The minimum absolute atomic E-state index is 0.165. The number of carbonyl (C=O) groups is 4. The van der Waals surface area contributed by atoms with Crippen molar-refractivity contribution in [3.8, 4) is 6.07 Å². The molecule has 3 aliphatic heterocycles. The van der Waals surface area contributed by atoms with Gasteiger partial charge in [-0.1, -0.05) is 36.8 Å². The van der Waals surface area contributed by atoms with Gasteiger partial charge >= 0.3 is 0 Å². The number of benzene rings is 3. The molecule has 3 aromatic rings. The Kier molecular flexibility index (Phi) is 12.2. The van der Waals surface area contributed by atoms with E-state index in [2.05, 4.69) is 89.3 Å². The first-order valence-electron chi connectivity index (χ1n) is 21.2. The first-order valence-corrected chi connectivity index (χ1v) is 21.2. The van der Waals surface area contributed by atoms with Gasteiger partial charge in [0.2, 0.25) is 11.8 Å². The van der Waals surface area contributed by atoms with Crippen LogP contribution in [0.3, 0.4) is 0 Å². The largest absolute Gasteiger partial charge is 0.371 e. The van der Waals surface area contributed by atoms with Gasteiger partial charge in [0.25, 0.3) is 5.91 Å². The van der Waals surface area contributed by atoms with Crippen molar-refractivity contribution in [3.05, 3.63) is 94.1 Å². The molecular weight excluding hydrogens is 739 g/mol. The van der Waals surface area contributed by atoms with E-state index in [1.54, 1.807) is 19.2 Å². The molecule has 11 heteroatoms. The number of aryl methyl sites for hydroxylation is 1. The Morgan fingerprint density at radius 1 is 1.00 bits per heavy atom. The Morgan fingerprint density at radius 2 is 1.71 bits per heavy atom. The number of piperidine rings is 2. The summed E-state index contributed by atoms with van der Waals surface area (Å²) in [5.74, 6) is -0.280. The maximum atomic E-state index is 13.5. The Labute approximate surface area is 348 Å². The number of carbonyl (C=O) groups excluding carboxylic acids is 4. The van der Waals surface area contributed by atoms with Gasteiger partial charge in [-0.25, -0.2) is 0 Å². The van der Waals surface area contributed by atoms with Gasteiger partial charge in [0.1, 0.15) is 6.04 Å². The second-order valence-electron chi connectivity index (χ2n) is 17.3. The number of anilines is 3. The number of imide groups is 1. The number of hydrogen-bond acceptors (Lipinski definition) is 9. The van der Waals surface area contributed by atoms with Crippen LogP contribution >= 0.6 is 0 Å². The fourth-order valence-corrected chi connectivity index (χ4v) is 9.19. The molecule has 0 aromatic heterocycles. The molecule has 308 valence electrons. The van der Waals surface area contributed by atoms with Gasteiger partial charge in [0.15, 0.2) is 6.29 Å². The number of rotatable bonds is 14. The van der Waals surface area contributed by atoms with Gasteiger partial charge in [0.05, 0.1) is 17.0 Å². The third-order valence-corrected chi connectivity index (χ3v) is 13.2. The molecule has 3 amide bonds. The third-order valence-electron chi connectivity index (χ3n) is 13.2. The maximum Gasteiger partial charge on any atom is 0.255 e. The summed E-state index contributed by atoms with van der Waals surface area (Å²) in [4.78, 5) is 58.2. The van der Waals surface area contributed by atoms with Gasteiger partial charge in [-0.3, -0.25) is 24.5 Å². The summed E-state index contributed by atoms with van der Waals surface area (Å²) < 4.78 is 0. The molecule has 3 heterocycles. The molecule has 11 nitrogen and oxygen atoms in total. The van der Waals surface area contributed by atoms with E-state index in [-0.39, 0.29) is 35.3 Å². The Balaban J connectivity index is 0.998. The zero-order valence-corrected chi connectivity index (χ0v) is 35.1. The van der Waals surface area contributed by atoms with Crippen molar-refractivity contribution >= 4 is 52.4 Å². The number of nitrogens with zero attached hydrogens (tertiary/aromatic N) is 5. The van der Waals surface area contributed by atoms with Crippen LogP contribution < -0.4 is 15.1 Å². The van der Waals surface area contributed by atoms with Crippen LogP contribution in [0, 0.1) is 35.5 Å². The minimum Gasteiger partial charge on any atom is -0.371 e. The molecule has 1 atom stereocenters. The molecular formula is C48H57N7O4. The van der Waals surface area contributed by atoms with Crippen LogP contribution in [0.25, 0.3) is 5.57 Å². The first-order chi connectivity index (χ1) is 28.3. The van der Waals surface area contributed by atoms with Gasteiger partial charge in [-0.2, -0.15) is 5.26 Å². The van der Waals surface area contributed by atoms with Gasteiger partial charge in [0, 0.05) is 79.5 Å². The van der Waals surface area contributed by atoms with Crippen LogP contribution in [0.4, 0.5) is 17.1 Å². The normalized spacial score (nSPS) is 19.9. The number of nitriles is 1. The van der Waals surface area contributed by atoms with Gasteiger partial charge in [-0.05, 0) is 131 Å². The summed E-state index contributed by atoms with van der Waals surface area (Å²) in [5, 5.41) is 20.8. The number of likely N-dealkylation sites (N-methyl/N-ethyl adjacent to an activating group) is 1. The van der Waals surface area contributed by atoms with Crippen LogP contribution in [0.1, 0.15) is 103 Å². The highest BCUT2D eigenvalue weighted by Gasteiger charge is 2.45. The Hall–Kier alpha value is -5.60. The van der Waals surface area contributed by atoms with Crippen molar-refractivity contribution in [3.63, 3.8) is 0 Å². The fraction of sp³-hybridized carbons (Fsp3) is 0.458. The van der Waals surface area contributed by atoms with E-state index in [0.29, 0.717) is 23.8 Å². The molecule has 1 unspecified atom stereocenters. The Bertz CT molecular complexity index is 2200. The first kappa shape index (κ1) is 41.6. The lowest BCUT2D eigenvalue weighted by molar-refractivity contribution is -0.136. The van der Waals surface area contributed by atoms with Crippen molar-refractivity contribution in [2.24, 2.45) is 11.8 Å². The van der Waals surface area contributed by atoms with Crippen LogP contribution in [0.5, 0.6) is 0 Å². The standard InChI is InChI=1S/C48H57N7O4/c1-6-31(2)45(33(4)50)36-8-7-32(3)43(23-36)55(39-13-10-38(11-14-39)48(30-49)19-20-48)28-34-17-21-53(22-18-34)25-35-26-54(27-35)40-12-9-37(29-56)41(24-40)47(59)52(5)42-15-16-44(57)51-46(42)58/h7-14,23-24,29,34-35,42,50H,6,15-22,25-28H2,1-5H3,(H,51,57,58)/b45-31+,50-33?. The molecule has 3 saturated heterocycles. The van der Waals surface area contributed by atoms with E-state index < -0.39 is 17.9 Å². The number of amides is 3. The van der Waals surface area contributed by atoms with Crippen molar-refractivity contribution in [2.45, 2.75) is 84.1 Å². The quantitative estimate of drug-likeness (QED) is 0.0975. The monoisotopic (exact) mass is 795 g/mol. The molecule has 1 aliphatic carbocycles. The van der Waals surface area contributed by atoms with Gasteiger partial charge < -0.3 is 25.0 Å². The van der Waals surface area contributed by atoms with Crippen molar-refractivity contribution < 1.29 is 19.2 Å². The summed E-state index contributed by atoms with van der Waals surface area (Å²) in [6, 6.07) is 22.4. The van der Waals surface area contributed by atoms with E-state index in [9.17, 15) is 24.4 Å². The average molecular weight is 796 g/mol. The zero-order chi connectivity index (χ0) is 42.0. The number of nitrogens with one attached hydrogen (secondary N) is 2. The highest BCUT2D eigenvalue weighted by Crippen LogP contribution is 2.48. The van der Waals surface area contributed by atoms with Crippen molar-refractivity contribution in [1.82, 2.24) is 15.1 Å². The summed E-state index contributed by atoms with van der Waals surface area (Å²) >= 11 is 0. The van der Waals surface area contributed by atoms with Crippen LogP contribution in [0.2, 0.25) is 0 Å². The fourth-order valence-electron chi connectivity index (χ4n) is 9.19. The number of hydrogen-bond donors (Lipinski definition) is 2. The van der Waals surface area contributed by atoms with E-state index in [1.165, 1.54) is 16.0 Å². The van der Waals surface area contributed by atoms with E-state index in [4.69, 9.17) is 5.41 Å². The van der Waals surface area contributed by atoms with E-state index in [1.807, 2.05) is 13.0 Å². The molecule has 59 heavy (non-hydrogen) atoms. The lowest BCUT2D eigenvalue weighted by atomic mass is 9.91. The van der Waals surface area contributed by atoms with E-state index in [0.717, 1.165) is 105 Å². The summed E-state index contributed by atoms with van der Waals surface area (Å²) in [7, 11) is 1.54. The molecule has 7 rings (SSSR count). The topological polar surface area (TPSA) is 141 Å². The summed E-state index contributed by atoms with van der Waals surface area (Å²) in [6.45, 7) is 13.9. The average Bonchev–Trinajstić information content (AvgIpc) is 4.03. The lowest BCUT2D eigenvalue weighted by Crippen LogP contribution is -2.53. The molecule has 2 N–H and O–H groups in total. The second-order valence-corrected chi connectivity index (χ2v) is 17.3. The predicted molar refractivity (Wildman–Crippen MR) is 232 cm³/mol. The molecule has 0 spiro atoms. The SMILES string of the molecule is CC/C(C)=C(\C(C)=N)c1ccc(C)c(N(CC2CCN(CC3CN(c4ccc(C=O)c(C(=O)N(C)C5CCC(=O)NC5=O)c4)C3)CC2)c2ccc(C3(C#N)CC3)cc2)c1. The molecule has 3 aromatic carbocycles. The van der Waals surface area contributed by atoms with Crippen LogP contribution in [-0.2, 0) is 15.0 Å². The third kappa shape index (κ3) is 8.74. The second kappa shape index (κ2) is 17.3. The number of likely N-dealkylation sites (tertiary alicyclic amines) is 1. The zero-order valence-electron chi connectivity index (χ0n) is 35.1. The molecule has 4 aliphatic rings. The lowest BCUT2D eigenvalue weighted by Gasteiger charge is -2.45. The smallest absolute Gasteiger partial charge is 0.255 e. The maximum absolute atomic E-state index is 13.5. The number of aldehydes is 1. The van der Waals surface area contributed by atoms with Gasteiger partial charge in [-0.15, -0.1) is 0 Å². The van der Waals surface area contributed by atoms with Crippen molar-refractivity contribution in [1.29, 1.82) is 10.7 Å². The molecule has 0 radical (unpaired) electrons. The summed E-state index contributed by atoms with van der Waals surface area (Å²) in [5.41, 5.74) is 9.53. The highest BCUT2D eigenvalue weighted by molar-refractivity contribution is 6.22.